The molecule has 1 aromatic heterocycles. The smallest absolute Gasteiger partial charge is 0.118 e. The lowest BCUT2D eigenvalue weighted by atomic mass is 10.2. The van der Waals surface area contributed by atoms with E-state index in [1.807, 2.05) is 43.4 Å². The average Bonchev–Trinajstić information content (AvgIpc) is 2.48. The minimum Gasteiger partial charge on any atom is -0.497 e. The fraction of sp³-hybridized carbons (Fsp3) is 0.267. The van der Waals surface area contributed by atoms with Crippen molar-refractivity contribution in [3.05, 3.63) is 53.9 Å². The number of benzene rings is 1. The van der Waals surface area contributed by atoms with Crippen molar-refractivity contribution in [3.63, 3.8) is 0 Å². The molecule has 0 saturated heterocycles. The lowest BCUT2D eigenvalue weighted by molar-refractivity contribution is 0.277. The zero-order valence-electron chi connectivity index (χ0n) is 11.2. The predicted molar refractivity (Wildman–Crippen MR) is 75.3 cm³/mol. The van der Waals surface area contributed by atoms with Gasteiger partial charge in [0.1, 0.15) is 5.75 Å². The highest BCUT2D eigenvalue weighted by atomic mass is 16.5. The van der Waals surface area contributed by atoms with Crippen molar-refractivity contribution in [2.24, 2.45) is 0 Å². The number of aliphatic hydroxyl groups is 1. The third kappa shape index (κ3) is 3.45. The fourth-order valence-corrected chi connectivity index (χ4v) is 1.89. The second-order valence-corrected chi connectivity index (χ2v) is 4.37. The number of methoxy groups -OCH3 is 1. The zero-order chi connectivity index (χ0) is 13.7. The molecule has 19 heavy (non-hydrogen) atoms. The number of aromatic nitrogens is 1. The molecule has 1 heterocycles. The molecule has 2 aromatic rings. The molecule has 0 amide bonds. The molecule has 0 unspecified atom stereocenters. The summed E-state index contributed by atoms with van der Waals surface area (Å²) in [6.45, 7) is 0.753. The van der Waals surface area contributed by atoms with Crippen molar-refractivity contribution in [2.45, 2.75) is 13.2 Å². The van der Waals surface area contributed by atoms with Gasteiger partial charge in [0.05, 0.1) is 19.4 Å². The van der Waals surface area contributed by atoms with Crippen molar-refractivity contribution in [3.8, 4) is 5.75 Å². The Bertz CT molecular complexity index is 526. The fourth-order valence-electron chi connectivity index (χ4n) is 1.89. The van der Waals surface area contributed by atoms with Crippen LogP contribution in [0.25, 0.3) is 0 Å². The van der Waals surface area contributed by atoms with Crippen molar-refractivity contribution in [2.75, 3.05) is 19.1 Å². The minimum absolute atomic E-state index is 0.0375. The summed E-state index contributed by atoms with van der Waals surface area (Å²) in [5, 5.41) is 9.10. The highest BCUT2D eigenvalue weighted by Gasteiger charge is 2.04. The first-order valence-corrected chi connectivity index (χ1v) is 6.13. The van der Waals surface area contributed by atoms with Crippen molar-refractivity contribution >= 4 is 5.69 Å². The number of hydrogen-bond donors (Lipinski definition) is 1. The zero-order valence-corrected chi connectivity index (χ0v) is 11.2. The summed E-state index contributed by atoms with van der Waals surface area (Å²) in [6, 6.07) is 11.8. The van der Waals surface area contributed by atoms with Crippen molar-refractivity contribution < 1.29 is 9.84 Å². The third-order valence-electron chi connectivity index (χ3n) is 2.98. The first-order chi connectivity index (χ1) is 9.22. The van der Waals surface area contributed by atoms with E-state index in [9.17, 15) is 0 Å². The number of nitrogens with zero attached hydrogens (tertiary/aromatic N) is 2. The van der Waals surface area contributed by atoms with Gasteiger partial charge in [-0.1, -0.05) is 12.1 Å². The predicted octanol–water partition coefficient (Wildman–Crippen LogP) is 2.22. The van der Waals surface area contributed by atoms with E-state index in [2.05, 4.69) is 9.88 Å². The molecule has 0 bridgehead atoms. The van der Waals surface area contributed by atoms with E-state index in [4.69, 9.17) is 9.84 Å². The van der Waals surface area contributed by atoms with Gasteiger partial charge in [-0.3, -0.25) is 4.98 Å². The molecule has 0 aliphatic carbocycles. The molecule has 0 atom stereocenters. The summed E-state index contributed by atoms with van der Waals surface area (Å²) in [5.41, 5.74) is 2.92. The topological polar surface area (TPSA) is 45.6 Å². The van der Waals surface area contributed by atoms with Crippen LogP contribution in [-0.2, 0) is 13.2 Å². The molecule has 0 radical (unpaired) electrons. The van der Waals surface area contributed by atoms with E-state index < -0.39 is 0 Å². The van der Waals surface area contributed by atoms with Crippen LogP contribution < -0.4 is 9.64 Å². The summed E-state index contributed by atoms with van der Waals surface area (Å²) >= 11 is 0. The Labute approximate surface area is 113 Å². The number of rotatable bonds is 5. The molecule has 4 nitrogen and oxygen atoms in total. The molecular weight excluding hydrogens is 240 g/mol. The van der Waals surface area contributed by atoms with Crippen LogP contribution in [0.5, 0.6) is 5.75 Å². The Morgan fingerprint density at radius 1 is 1.21 bits per heavy atom. The summed E-state index contributed by atoms with van der Waals surface area (Å²) in [4.78, 5) is 6.19. The SMILES string of the molecule is COc1ccc(CN(C)c2ccnc(CO)c2)cc1. The third-order valence-corrected chi connectivity index (χ3v) is 2.98. The van der Waals surface area contributed by atoms with Crippen LogP contribution in [0, 0.1) is 0 Å². The highest BCUT2D eigenvalue weighted by molar-refractivity contribution is 5.46. The minimum atomic E-state index is -0.0375. The quantitative estimate of drug-likeness (QED) is 0.893. The normalized spacial score (nSPS) is 10.3. The Kier molecular flexibility index (Phi) is 4.36. The summed E-state index contributed by atoms with van der Waals surface area (Å²) in [5.74, 6) is 0.859. The second kappa shape index (κ2) is 6.20. The molecule has 1 aromatic carbocycles. The molecule has 0 fully saturated rings. The largest absolute Gasteiger partial charge is 0.497 e. The maximum absolute atomic E-state index is 9.10. The molecule has 0 aliphatic heterocycles. The van der Waals surface area contributed by atoms with Crippen molar-refractivity contribution in [1.82, 2.24) is 4.98 Å². The maximum atomic E-state index is 9.10. The van der Waals surface area contributed by atoms with Crippen molar-refractivity contribution in [1.29, 1.82) is 0 Å². The standard InChI is InChI=1S/C15H18N2O2/c1-17(14-7-8-16-13(9-14)11-18)10-12-3-5-15(19-2)6-4-12/h3-9,18H,10-11H2,1-2H3. The van der Waals surface area contributed by atoms with Crippen LogP contribution in [0.15, 0.2) is 42.6 Å². The molecule has 4 heteroatoms. The van der Waals surface area contributed by atoms with Gasteiger partial charge in [-0.15, -0.1) is 0 Å². The summed E-state index contributed by atoms with van der Waals surface area (Å²) in [6.07, 6.45) is 1.71. The van der Waals surface area contributed by atoms with Crippen LogP contribution >= 0.6 is 0 Å². The van der Waals surface area contributed by atoms with E-state index in [1.165, 1.54) is 5.56 Å². The van der Waals surface area contributed by atoms with Gasteiger partial charge in [-0.2, -0.15) is 0 Å². The molecule has 0 saturated carbocycles. The average molecular weight is 258 g/mol. The van der Waals surface area contributed by atoms with E-state index in [1.54, 1.807) is 13.3 Å². The van der Waals surface area contributed by atoms with Gasteiger partial charge in [-0.25, -0.2) is 0 Å². The van der Waals surface area contributed by atoms with Gasteiger partial charge < -0.3 is 14.7 Å². The van der Waals surface area contributed by atoms with E-state index in [0.29, 0.717) is 5.69 Å². The van der Waals surface area contributed by atoms with Crippen LogP contribution in [0.1, 0.15) is 11.3 Å². The van der Waals surface area contributed by atoms with Gasteiger partial charge in [0, 0.05) is 25.5 Å². The van der Waals surface area contributed by atoms with Crippen LogP contribution in [-0.4, -0.2) is 24.2 Å². The second-order valence-electron chi connectivity index (χ2n) is 4.37. The Balaban J connectivity index is 2.08. The molecule has 100 valence electrons. The lowest BCUT2D eigenvalue weighted by Crippen LogP contribution is -2.16. The monoisotopic (exact) mass is 258 g/mol. The molecule has 0 spiro atoms. The molecule has 1 N–H and O–H groups in total. The first kappa shape index (κ1) is 13.4. The van der Waals surface area contributed by atoms with Crippen LogP contribution in [0.4, 0.5) is 5.69 Å². The number of aliphatic hydroxyl groups excluding tert-OH is 1. The van der Waals surface area contributed by atoms with E-state index in [0.717, 1.165) is 18.0 Å². The van der Waals surface area contributed by atoms with E-state index >= 15 is 0 Å². The maximum Gasteiger partial charge on any atom is 0.118 e. The molecule has 2 rings (SSSR count). The van der Waals surface area contributed by atoms with Crippen LogP contribution in [0.2, 0.25) is 0 Å². The Morgan fingerprint density at radius 3 is 2.58 bits per heavy atom. The lowest BCUT2D eigenvalue weighted by Gasteiger charge is -2.19. The first-order valence-electron chi connectivity index (χ1n) is 6.13. The molecule has 0 aliphatic rings. The molecular formula is C15H18N2O2. The van der Waals surface area contributed by atoms with Gasteiger partial charge in [0.15, 0.2) is 0 Å². The number of ether oxygens (including phenoxy) is 1. The van der Waals surface area contributed by atoms with E-state index in [-0.39, 0.29) is 6.61 Å². The summed E-state index contributed by atoms with van der Waals surface area (Å²) in [7, 11) is 3.68. The Morgan fingerprint density at radius 2 is 1.95 bits per heavy atom. The highest BCUT2D eigenvalue weighted by Crippen LogP contribution is 2.17. The van der Waals surface area contributed by atoms with Gasteiger partial charge in [-0.05, 0) is 29.8 Å². The summed E-state index contributed by atoms with van der Waals surface area (Å²) < 4.78 is 5.14. The number of anilines is 1. The Hall–Kier alpha value is -2.07. The van der Waals surface area contributed by atoms with Gasteiger partial charge in [0.2, 0.25) is 0 Å². The van der Waals surface area contributed by atoms with Crippen LogP contribution in [0.3, 0.4) is 0 Å². The number of pyridine rings is 1. The van der Waals surface area contributed by atoms with Gasteiger partial charge >= 0.3 is 0 Å². The van der Waals surface area contributed by atoms with Gasteiger partial charge in [0.25, 0.3) is 0 Å². The number of hydrogen-bond acceptors (Lipinski definition) is 4.